The van der Waals surface area contributed by atoms with Gasteiger partial charge in [-0.3, -0.25) is 0 Å². The lowest BCUT2D eigenvalue weighted by molar-refractivity contribution is 0.0189. The third kappa shape index (κ3) is 5.53. The summed E-state index contributed by atoms with van der Waals surface area (Å²) in [6.07, 6.45) is 0.178. The predicted octanol–water partition coefficient (Wildman–Crippen LogP) is 7.38. The first-order valence-electron chi connectivity index (χ1n) is 12.4. The molecule has 1 N–H and O–H groups in total. The van der Waals surface area contributed by atoms with Crippen LogP contribution in [-0.4, -0.2) is 23.8 Å². The van der Waals surface area contributed by atoms with Crippen molar-refractivity contribution in [1.82, 2.24) is 0 Å². The van der Waals surface area contributed by atoms with Gasteiger partial charge in [-0.1, -0.05) is 18.2 Å². The highest BCUT2D eigenvalue weighted by Gasteiger charge is 2.28. The van der Waals surface area contributed by atoms with E-state index in [9.17, 15) is 31.9 Å². The van der Waals surface area contributed by atoms with Crippen LogP contribution < -0.4 is 4.74 Å². The summed E-state index contributed by atoms with van der Waals surface area (Å²) in [4.78, 5) is 12.4. The topological polar surface area (TPSA) is 55.8 Å². The minimum Gasteiger partial charge on any atom is -0.491 e. The fourth-order valence-electron chi connectivity index (χ4n) is 4.78. The number of hydrogen-bond acceptors (Lipinski definition) is 4. The molecule has 0 aliphatic heterocycles. The number of carbonyl (C=O) groups is 1. The first-order valence-corrected chi connectivity index (χ1v) is 12.4. The molecular weight excluding hydrogens is 507 g/mol. The van der Waals surface area contributed by atoms with Crippen LogP contribution >= 0.6 is 0 Å². The van der Waals surface area contributed by atoms with E-state index in [1.807, 2.05) is 0 Å². The van der Waals surface area contributed by atoms with E-state index < -0.39 is 52.8 Å². The standard InChI is InChI=1S/C29H27F5O4/c1-3-37-24-13-12-21(26(32)28(24)34)20-9-6-17(14-23(20)30)16-4-7-18(8-5-16)38-29(36)22-11-10-19(15(2)35)25(31)27(22)33/h6,9-16,18,35H,3-5,7-8H2,1-2H3. The van der Waals surface area contributed by atoms with Crippen molar-refractivity contribution < 1.29 is 41.3 Å². The van der Waals surface area contributed by atoms with Crippen LogP contribution in [-0.2, 0) is 4.74 Å². The molecule has 0 radical (unpaired) electrons. The highest BCUT2D eigenvalue weighted by molar-refractivity contribution is 5.90. The lowest BCUT2D eigenvalue weighted by Gasteiger charge is -2.29. The Morgan fingerprint density at radius 2 is 1.58 bits per heavy atom. The smallest absolute Gasteiger partial charge is 0.341 e. The Bertz CT molecular complexity index is 1330. The molecule has 3 aromatic carbocycles. The second-order valence-electron chi connectivity index (χ2n) is 9.30. The molecule has 1 aliphatic rings. The predicted molar refractivity (Wildman–Crippen MR) is 130 cm³/mol. The fraction of sp³-hybridized carbons (Fsp3) is 0.345. The zero-order valence-electron chi connectivity index (χ0n) is 20.9. The van der Waals surface area contributed by atoms with Crippen LogP contribution in [0.1, 0.15) is 73.0 Å². The summed E-state index contributed by atoms with van der Waals surface area (Å²) in [5.74, 6) is -7.04. The van der Waals surface area contributed by atoms with Crippen molar-refractivity contribution in [3.05, 3.63) is 88.2 Å². The Kier molecular flexibility index (Phi) is 8.35. The normalized spacial score (nSPS) is 18.2. The van der Waals surface area contributed by atoms with Gasteiger partial charge < -0.3 is 14.6 Å². The molecule has 1 unspecified atom stereocenters. The minimum atomic E-state index is -1.37. The van der Waals surface area contributed by atoms with Crippen molar-refractivity contribution in [3.63, 3.8) is 0 Å². The van der Waals surface area contributed by atoms with Crippen molar-refractivity contribution in [2.75, 3.05) is 6.61 Å². The second kappa shape index (κ2) is 11.5. The van der Waals surface area contributed by atoms with Crippen molar-refractivity contribution in [2.45, 2.75) is 57.7 Å². The molecule has 9 heteroatoms. The molecule has 0 bridgehead atoms. The van der Waals surface area contributed by atoms with E-state index in [1.54, 1.807) is 13.0 Å². The van der Waals surface area contributed by atoms with Gasteiger partial charge in [0.15, 0.2) is 23.2 Å². The average Bonchev–Trinajstić information content (AvgIpc) is 2.89. The van der Waals surface area contributed by atoms with Gasteiger partial charge in [0.05, 0.1) is 18.3 Å². The molecule has 0 aromatic heterocycles. The zero-order valence-corrected chi connectivity index (χ0v) is 20.9. The van der Waals surface area contributed by atoms with Crippen LogP contribution in [0.3, 0.4) is 0 Å². The van der Waals surface area contributed by atoms with Crippen LogP contribution in [0.15, 0.2) is 42.5 Å². The summed E-state index contributed by atoms with van der Waals surface area (Å²) in [6.45, 7) is 3.08. The maximum absolute atomic E-state index is 15.0. The highest BCUT2D eigenvalue weighted by atomic mass is 19.2. The summed E-state index contributed by atoms with van der Waals surface area (Å²) >= 11 is 0. The van der Waals surface area contributed by atoms with Gasteiger partial charge in [-0.15, -0.1) is 0 Å². The van der Waals surface area contributed by atoms with Crippen LogP contribution in [0.5, 0.6) is 5.75 Å². The number of hydrogen-bond donors (Lipinski definition) is 1. The Labute approximate surface area is 217 Å². The summed E-state index contributed by atoms with van der Waals surface area (Å²) in [5, 5.41) is 9.50. The van der Waals surface area contributed by atoms with Gasteiger partial charge in [0.2, 0.25) is 5.82 Å². The van der Waals surface area contributed by atoms with Gasteiger partial charge in [-0.25, -0.2) is 22.4 Å². The Balaban J connectivity index is 1.41. The number of aliphatic hydroxyl groups is 1. The molecular formula is C29H27F5O4. The monoisotopic (exact) mass is 534 g/mol. The van der Waals surface area contributed by atoms with Crippen LogP contribution in [0, 0.1) is 29.1 Å². The van der Waals surface area contributed by atoms with E-state index in [4.69, 9.17) is 9.47 Å². The van der Waals surface area contributed by atoms with E-state index in [1.165, 1.54) is 31.2 Å². The largest absolute Gasteiger partial charge is 0.491 e. The minimum absolute atomic E-state index is 0.0603. The molecule has 1 fully saturated rings. The number of benzene rings is 3. The molecule has 38 heavy (non-hydrogen) atoms. The first kappa shape index (κ1) is 27.6. The van der Waals surface area contributed by atoms with E-state index in [-0.39, 0.29) is 35.0 Å². The molecule has 0 amide bonds. The summed E-state index contributed by atoms with van der Waals surface area (Å²) < 4.78 is 82.7. The fourth-order valence-corrected chi connectivity index (χ4v) is 4.78. The number of aliphatic hydroxyl groups excluding tert-OH is 1. The molecule has 0 heterocycles. The average molecular weight is 535 g/mol. The number of ether oxygens (including phenoxy) is 2. The molecule has 1 saturated carbocycles. The number of halogens is 5. The van der Waals surface area contributed by atoms with Crippen molar-refractivity contribution in [3.8, 4) is 16.9 Å². The summed E-state index contributed by atoms with van der Waals surface area (Å²) in [5.41, 5.74) is -0.426. The van der Waals surface area contributed by atoms with Gasteiger partial charge in [0.25, 0.3) is 0 Å². The molecule has 202 valence electrons. The molecule has 0 spiro atoms. The van der Waals surface area contributed by atoms with Crippen molar-refractivity contribution in [2.24, 2.45) is 0 Å². The molecule has 4 nitrogen and oxygen atoms in total. The molecule has 0 saturated heterocycles. The molecule has 1 aliphatic carbocycles. The lowest BCUT2D eigenvalue weighted by Crippen LogP contribution is -2.24. The van der Waals surface area contributed by atoms with E-state index in [0.29, 0.717) is 31.2 Å². The van der Waals surface area contributed by atoms with Gasteiger partial charge in [0, 0.05) is 16.7 Å². The molecule has 1 atom stereocenters. The Hall–Kier alpha value is -3.46. The van der Waals surface area contributed by atoms with E-state index >= 15 is 0 Å². The van der Waals surface area contributed by atoms with Crippen LogP contribution in [0.25, 0.3) is 11.1 Å². The third-order valence-corrected chi connectivity index (χ3v) is 6.83. The van der Waals surface area contributed by atoms with Crippen LogP contribution in [0.4, 0.5) is 22.0 Å². The lowest BCUT2D eigenvalue weighted by atomic mass is 9.82. The molecule has 3 aromatic rings. The van der Waals surface area contributed by atoms with Crippen molar-refractivity contribution in [1.29, 1.82) is 0 Å². The third-order valence-electron chi connectivity index (χ3n) is 6.83. The van der Waals surface area contributed by atoms with E-state index in [2.05, 4.69) is 0 Å². The Morgan fingerprint density at radius 3 is 2.21 bits per heavy atom. The number of esters is 1. The van der Waals surface area contributed by atoms with Crippen molar-refractivity contribution >= 4 is 5.97 Å². The summed E-state index contributed by atoms with van der Waals surface area (Å²) in [7, 11) is 0. The quantitative estimate of drug-likeness (QED) is 0.254. The van der Waals surface area contributed by atoms with Gasteiger partial charge in [0.1, 0.15) is 11.9 Å². The maximum Gasteiger partial charge on any atom is 0.341 e. The van der Waals surface area contributed by atoms with Gasteiger partial charge in [-0.05, 0) is 75.3 Å². The SMILES string of the molecule is CCOc1ccc(-c2ccc(C3CCC(OC(=O)c4ccc(C(C)O)c(F)c4F)CC3)cc2F)c(F)c1F. The molecule has 4 rings (SSSR count). The number of rotatable bonds is 7. The van der Waals surface area contributed by atoms with Gasteiger partial charge >= 0.3 is 5.97 Å². The highest BCUT2D eigenvalue weighted by Crippen LogP contribution is 2.37. The first-order chi connectivity index (χ1) is 18.1. The Morgan fingerprint density at radius 1 is 0.895 bits per heavy atom. The van der Waals surface area contributed by atoms with Gasteiger partial charge in [-0.2, -0.15) is 4.39 Å². The van der Waals surface area contributed by atoms with Crippen LogP contribution in [0.2, 0.25) is 0 Å². The van der Waals surface area contributed by atoms with E-state index in [0.717, 1.165) is 12.1 Å². The second-order valence-corrected chi connectivity index (χ2v) is 9.30. The zero-order chi connectivity index (χ0) is 27.6. The number of carbonyl (C=O) groups excluding carboxylic acids is 1. The summed E-state index contributed by atoms with van der Waals surface area (Å²) in [6, 6.07) is 9.11. The maximum atomic E-state index is 15.0.